The quantitative estimate of drug-likeness (QED) is 0.161. The molecule has 0 unspecified atom stereocenters. The Bertz CT molecular complexity index is 2150. The number of hydrogen-bond acceptors (Lipinski definition) is 13. The van der Waals surface area contributed by atoms with E-state index in [-0.39, 0.29) is 27.9 Å². The van der Waals surface area contributed by atoms with Crippen LogP contribution in [0.1, 0.15) is 0 Å². The SMILES string of the molecule is O=S(=O)([O-])c1cc(N=Nc2c(O)ccc3ccccc23)c(O)c(N=Nc2c(O)ccc3cc(S(=O)(=O)[O-])ccc23)c1. The molecule has 5 aromatic carbocycles. The van der Waals surface area contributed by atoms with Crippen molar-refractivity contribution in [1.82, 2.24) is 0 Å². The Morgan fingerprint density at radius 2 is 1.05 bits per heavy atom. The maximum atomic E-state index is 11.8. The Hall–Kier alpha value is -4.96. The molecule has 3 N–H and O–H groups in total. The number of fused-ring (bicyclic) bond motifs is 2. The molecular formula is C26H16N4O9S2-2. The number of phenolic OH excluding ortho intramolecular Hbond substituents is 3. The molecule has 15 heteroatoms. The Kier molecular flexibility index (Phi) is 6.88. The lowest BCUT2D eigenvalue weighted by Gasteiger charge is -2.11. The van der Waals surface area contributed by atoms with Gasteiger partial charge in [-0.15, -0.1) is 20.5 Å². The first-order valence-electron chi connectivity index (χ1n) is 11.4. The van der Waals surface area contributed by atoms with Gasteiger partial charge in [0.1, 0.15) is 54.5 Å². The van der Waals surface area contributed by atoms with Crippen LogP contribution in [0.15, 0.2) is 109 Å². The molecule has 0 heterocycles. The fourth-order valence-corrected chi connectivity index (χ4v) is 4.99. The molecule has 0 saturated heterocycles. The number of nitrogens with zero attached hydrogens (tertiary/aromatic N) is 4. The summed E-state index contributed by atoms with van der Waals surface area (Å²) in [4.78, 5) is -1.34. The smallest absolute Gasteiger partial charge is 0.171 e. The van der Waals surface area contributed by atoms with Crippen molar-refractivity contribution >= 4 is 64.5 Å². The molecule has 13 nitrogen and oxygen atoms in total. The Balaban J connectivity index is 1.63. The molecule has 0 fully saturated rings. The zero-order chi connectivity index (χ0) is 29.5. The Morgan fingerprint density at radius 3 is 1.61 bits per heavy atom. The largest absolute Gasteiger partial charge is 0.744 e. The Morgan fingerprint density at radius 1 is 0.537 bits per heavy atom. The highest BCUT2D eigenvalue weighted by Gasteiger charge is 2.16. The van der Waals surface area contributed by atoms with E-state index in [1.54, 1.807) is 30.3 Å². The fourth-order valence-electron chi connectivity index (χ4n) is 3.97. The van der Waals surface area contributed by atoms with Crippen LogP contribution in [0, 0.1) is 0 Å². The van der Waals surface area contributed by atoms with Crippen molar-refractivity contribution in [3.05, 3.63) is 78.9 Å². The number of aromatic hydroxyl groups is 3. The molecule has 0 aliphatic rings. The van der Waals surface area contributed by atoms with Gasteiger partial charge in [-0.3, -0.25) is 0 Å². The van der Waals surface area contributed by atoms with E-state index < -0.39 is 52.9 Å². The van der Waals surface area contributed by atoms with E-state index in [4.69, 9.17) is 0 Å². The van der Waals surface area contributed by atoms with Gasteiger partial charge in [0.25, 0.3) is 0 Å². The van der Waals surface area contributed by atoms with E-state index in [1.807, 2.05) is 0 Å². The molecule has 5 aromatic rings. The van der Waals surface area contributed by atoms with Crippen LogP contribution < -0.4 is 0 Å². The summed E-state index contributed by atoms with van der Waals surface area (Å²) in [6, 6.07) is 17.2. The summed E-state index contributed by atoms with van der Waals surface area (Å²) in [5.41, 5.74) is -1.22. The lowest BCUT2D eigenvalue weighted by atomic mass is 10.1. The van der Waals surface area contributed by atoms with Crippen LogP contribution >= 0.6 is 0 Å². The van der Waals surface area contributed by atoms with Crippen molar-refractivity contribution in [3.8, 4) is 17.2 Å². The summed E-state index contributed by atoms with van der Waals surface area (Å²) in [7, 11) is -9.85. The van der Waals surface area contributed by atoms with Crippen LogP contribution in [-0.4, -0.2) is 41.3 Å². The predicted molar refractivity (Wildman–Crippen MR) is 144 cm³/mol. The lowest BCUT2D eigenvalue weighted by molar-refractivity contribution is 0.460. The number of hydrogen-bond donors (Lipinski definition) is 3. The van der Waals surface area contributed by atoms with Crippen LogP contribution in [-0.2, 0) is 20.2 Å². The van der Waals surface area contributed by atoms with Crippen molar-refractivity contribution in [2.75, 3.05) is 0 Å². The number of rotatable bonds is 6. The predicted octanol–water partition coefficient (Wildman–Crippen LogP) is 5.75. The van der Waals surface area contributed by atoms with E-state index in [0.717, 1.165) is 30.3 Å². The molecular weight excluding hydrogens is 576 g/mol. The molecule has 0 spiro atoms. The van der Waals surface area contributed by atoms with Gasteiger partial charge >= 0.3 is 0 Å². The van der Waals surface area contributed by atoms with Crippen LogP contribution in [0.2, 0.25) is 0 Å². The third-order valence-corrected chi connectivity index (χ3v) is 7.60. The molecule has 208 valence electrons. The van der Waals surface area contributed by atoms with Gasteiger partial charge in [-0.2, -0.15) is 0 Å². The van der Waals surface area contributed by atoms with Crippen molar-refractivity contribution in [2.24, 2.45) is 20.5 Å². The van der Waals surface area contributed by atoms with Crippen molar-refractivity contribution in [1.29, 1.82) is 0 Å². The molecule has 0 atom stereocenters. The average molecular weight is 593 g/mol. The number of benzene rings is 5. The van der Waals surface area contributed by atoms with E-state index in [2.05, 4.69) is 20.5 Å². The maximum absolute atomic E-state index is 11.8. The summed E-state index contributed by atoms with van der Waals surface area (Å²) in [6.07, 6.45) is 0. The second-order valence-corrected chi connectivity index (χ2v) is 11.3. The van der Waals surface area contributed by atoms with Crippen LogP contribution in [0.4, 0.5) is 22.7 Å². The van der Waals surface area contributed by atoms with Gasteiger partial charge in [-0.05, 0) is 47.2 Å². The highest BCUT2D eigenvalue weighted by Crippen LogP contribution is 2.43. The summed E-state index contributed by atoms with van der Waals surface area (Å²) in [5, 5.41) is 48.5. The fraction of sp³-hybridized carbons (Fsp3) is 0. The molecule has 0 bridgehead atoms. The standard InChI is InChI=1S/C26H18N4O9S2/c31-22-9-5-14-3-1-2-4-18(14)24(22)29-27-20-12-17(41(37,38)39)13-21(26(20)33)28-30-25-19-8-7-16(40(34,35)36)11-15(19)6-10-23(25)32/h1-13,31-33H,(H,34,35,36)(H,37,38,39)/p-2. The van der Waals surface area contributed by atoms with E-state index >= 15 is 0 Å². The van der Waals surface area contributed by atoms with E-state index in [1.165, 1.54) is 18.2 Å². The molecule has 0 amide bonds. The van der Waals surface area contributed by atoms with Crippen LogP contribution in [0.3, 0.4) is 0 Å². The molecule has 41 heavy (non-hydrogen) atoms. The summed E-state index contributed by atoms with van der Waals surface area (Å²) >= 11 is 0. The third-order valence-electron chi connectivity index (χ3n) is 5.96. The number of azo groups is 2. The highest BCUT2D eigenvalue weighted by molar-refractivity contribution is 7.86. The van der Waals surface area contributed by atoms with E-state index in [0.29, 0.717) is 10.8 Å². The average Bonchev–Trinajstić information content (AvgIpc) is 2.92. The van der Waals surface area contributed by atoms with E-state index in [9.17, 15) is 41.3 Å². The Labute approximate surface area is 231 Å². The minimum atomic E-state index is -5.08. The minimum absolute atomic E-state index is 0.0150. The van der Waals surface area contributed by atoms with Crippen molar-refractivity contribution < 1.29 is 41.3 Å². The zero-order valence-corrected chi connectivity index (χ0v) is 22.0. The third kappa shape index (κ3) is 5.55. The minimum Gasteiger partial charge on any atom is -0.744 e. The topological polar surface area (TPSA) is 225 Å². The van der Waals surface area contributed by atoms with Gasteiger partial charge in [0, 0.05) is 10.8 Å². The van der Waals surface area contributed by atoms with Crippen LogP contribution in [0.25, 0.3) is 21.5 Å². The molecule has 5 rings (SSSR count). The van der Waals surface area contributed by atoms with Gasteiger partial charge in [-0.25, -0.2) is 16.8 Å². The first-order chi connectivity index (χ1) is 19.3. The van der Waals surface area contributed by atoms with Gasteiger partial charge in [0.15, 0.2) is 5.75 Å². The van der Waals surface area contributed by atoms with Gasteiger partial charge in [0.05, 0.1) is 9.79 Å². The summed E-state index contributed by atoms with van der Waals surface area (Å²) in [6.45, 7) is 0. The number of phenols is 3. The zero-order valence-electron chi connectivity index (χ0n) is 20.4. The first kappa shape index (κ1) is 27.6. The van der Waals surface area contributed by atoms with Crippen LogP contribution in [0.5, 0.6) is 17.2 Å². The summed E-state index contributed by atoms with van der Waals surface area (Å²) < 4.78 is 69.6. The molecule has 0 aliphatic carbocycles. The highest BCUT2D eigenvalue weighted by atomic mass is 32.2. The maximum Gasteiger partial charge on any atom is 0.171 e. The van der Waals surface area contributed by atoms with Gasteiger partial charge < -0.3 is 24.4 Å². The van der Waals surface area contributed by atoms with Gasteiger partial charge in [-0.1, -0.05) is 42.5 Å². The first-order valence-corrected chi connectivity index (χ1v) is 14.2. The second kappa shape index (κ2) is 10.2. The second-order valence-electron chi connectivity index (χ2n) is 8.59. The molecule has 0 aromatic heterocycles. The monoisotopic (exact) mass is 592 g/mol. The van der Waals surface area contributed by atoms with Gasteiger partial charge in [0.2, 0.25) is 0 Å². The van der Waals surface area contributed by atoms with Crippen molar-refractivity contribution in [2.45, 2.75) is 9.79 Å². The summed E-state index contributed by atoms with van der Waals surface area (Å²) in [5.74, 6) is -1.40. The normalized spacial score (nSPS) is 12.6. The molecule has 0 radical (unpaired) electrons. The molecule has 0 aliphatic heterocycles. The van der Waals surface area contributed by atoms with Crippen molar-refractivity contribution in [3.63, 3.8) is 0 Å². The lowest BCUT2D eigenvalue weighted by Crippen LogP contribution is -1.98. The molecule has 0 saturated carbocycles.